The lowest BCUT2D eigenvalue weighted by Gasteiger charge is -2.18. The Kier molecular flexibility index (Phi) is 5.13. The smallest absolute Gasteiger partial charge is 0.258 e. The van der Waals surface area contributed by atoms with E-state index in [0.717, 1.165) is 16.3 Å². The molecule has 0 fully saturated rings. The number of hydrogen-bond acceptors (Lipinski definition) is 4. The standard InChI is InChI=1S/C18H16ClN3OS/c1-22(17(23)13-5-3-2-4-6-13)15-9-7-14(8-10-15)20-11-16-12-21-18(19)24-16/h2-10,12,20H,11H2,1H3. The molecule has 0 aliphatic carbocycles. The van der Waals surface area contributed by atoms with Crippen molar-refractivity contribution in [1.29, 1.82) is 0 Å². The number of halogens is 1. The first-order chi connectivity index (χ1) is 11.6. The normalized spacial score (nSPS) is 10.4. The minimum atomic E-state index is -0.0318. The van der Waals surface area contributed by atoms with E-state index in [1.165, 1.54) is 11.3 Å². The van der Waals surface area contributed by atoms with Crippen molar-refractivity contribution in [2.24, 2.45) is 0 Å². The first-order valence-corrected chi connectivity index (χ1v) is 8.60. The number of carbonyl (C=O) groups is 1. The van der Waals surface area contributed by atoms with Crippen LogP contribution in [0.25, 0.3) is 0 Å². The third kappa shape index (κ3) is 3.93. The van der Waals surface area contributed by atoms with Crippen LogP contribution in [0.4, 0.5) is 11.4 Å². The number of nitrogens with one attached hydrogen (secondary N) is 1. The van der Waals surface area contributed by atoms with E-state index in [1.54, 1.807) is 18.1 Å². The van der Waals surface area contributed by atoms with Crippen LogP contribution in [-0.4, -0.2) is 17.9 Å². The number of thiazole rings is 1. The summed E-state index contributed by atoms with van der Waals surface area (Å²) < 4.78 is 0.545. The molecule has 4 nitrogen and oxygen atoms in total. The van der Waals surface area contributed by atoms with Gasteiger partial charge in [-0.1, -0.05) is 29.8 Å². The van der Waals surface area contributed by atoms with Crippen LogP contribution in [0.1, 0.15) is 15.2 Å². The fourth-order valence-corrected chi connectivity index (χ4v) is 3.17. The number of aromatic nitrogens is 1. The summed E-state index contributed by atoms with van der Waals surface area (Å²) in [7, 11) is 1.77. The average Bonchev–Trinajstić information content (AvgIpc) is 3.05. The molecule has 1 aromatic heterocycles. The maximum Gasteiger partial charge on any atom is 0.258 e. The third-order valence-corrected chi connectivity index (χ3v) is 4.69. The maximum atomic E-state index is 12.4. The summed E-state index contributed by atoms with van der Waals surface area (Å²) >= 11 is 7.28. The Hall–Kier alpha value is -2.37. The minimum Gasteiger partial charge on any atom is -0.380 e. The monoisotopic (exact) mass is 357 g/mol. The molecule has 0 atom stereocenters. The van der Waals surface area contributed by atoms with Gasteiger partial charge in [0.1, 0.15) is 0 Å². The summed E-state index contributed by atoms with van der Waals surface area (Å²) in [5.41, 5.74) is 2.49. The Morgan fingerprint density at radius 2 is 1.88 bits per heavy atom. The summed E-state index contributed by atoms with van der Waals surface area (Å²) in [6.07, 6.45) is 1.76. The Balaban J connectivity index is 1.64. The molecule has 0 spiro atoms. The van der Waals surface area contributed by atoms with Crippen molar-refractivity contribution in [2.75, 3.05) is 17.3 Å². The van der Waals surface area contributed by atoms with Gasteiger partial charge < -0.3 is 10.2 Å². The van der Waals surface area contributed by atoms with Gasteiger partial charge in [0.05, 0.1) is 6.54 Å². The van der Waals surface area contributed by atoms with Gasteiger partial charge in [-0.05, 0) is 36.4 Å². The highest BCUT2D eigenvalue weighted by atomic mass is 35.5. The summed E-state index contributed by atoms with van der Waals surface area (Å²) in [6, 6.07) is 17.0. The number of amides is 1. The number of carbonyl (C=O) groups excluding carboxylic acids is 1. The van der Waals surface area contributed by atoms with Gasteiger partial charge in [-0.2, -0.15) is 0 Å². The van der Waals surface area contributed by atoms with Gasteiger partial charge >= 0.3 is 0 Å². The third-order valence-electron chi connectivity index (χ3n) is 3.57. The predicted octanol–water partition coefficient (Wildman–Crippen LogP) is 4.69. The molecule has 0 bridgehead atoms. The molecule has 0 saturated heterocycles. The summed E-state index contributed by atoms with van der Waals surface area (Å²) in [4.78, 5) is 19.2. The lowest BCUT2D eigenvalue weighted by molar-refractivity contribution is 0.0993. The molecule has 1 heterocycles. The van der Waals surface area contributed by atoms with Crippen LogP contribution in [0, 0.1) is 0 Å². The van der Waals surface area contributed by atoms with Crippen LogP contribution >= 0.6 is 22.9 Å². The van der Waals surface area contributed by atoms with E-state index in [0.29, 0.717) is 16.6 Å². The lowest BCUT2D eigenvalue weighted by atomic mass is 10.2. The number of hydrogen-bond donors (Lipinski definition) is 1. The summed E-state index contributed by atoms with van der Waals surface area (Å²) in [5, 5.41) is 3.31. The van der Waals surface area contributed by atoms with E-state index in [1.807, 2.05) is 54.6 Å². The lowest BCUT2D eigenvalue weighted by Crippen LogP contribution is -2.26. The van der Waals surface area contributed by atoms with E-state index < -0.39 is 0 Å². The van der Waals surface area contributed by atoms with Crippen LogP contribution in [0.15, 0.2) is 60.8 Å². The molecule has 2 aromatic carbocycles. The predicted molar refractivity (Wildman–Crippen MR) is 100 cm³/mol. The Morgan fingerprint density at radius 1 is 1.17 bits per heavy atom. The van der Waals surface area contributed by atoms with Crippen LogP contribution < -0.4 is 10.2 Å². The zero-order valence-corrected chi connectivity index (χ0v) is 14.6. The molecular weight excluding hydrogens is 342 g/mol. The number of nitrogens with zero attached hydrogens (tertiary/aromatic N) is 2. The number of anilines is 2. The highest BCUT2D eigenvalue weighted by molar-refractivity contribution is 7.15. The van der Waals surface area contributed by atoms with Gasteiger partial charge in [0.25, 0.3) is 5.91 Å². The van der Waals surface area contributed by atoms with Crippen molar-refractivity contribution in [3.05, 3.63) is 75.7 Å². The quantitative estimate of drug-likeness (QED) is 0.720. The maximum absolute atomic E-state index is 12.4. The Morgan fingerprint density at radius 3 is 2.50 bits per heavy atom. The van der Waals surface area contributed by atoms with Crippen LogP contribution in [0.5, 0.6) is 0 Å². The van der Waals surface area contributed by atoms with Crippen LogP contribution in [0.2, 0.25) is 4.47 Å². The van der Waals surface area contributed by atoms with Crippen molar-refractivity contribution < 1.29 is 4.79 Å². The zero-order chi connectivity index (χ0) is 16.9. The highest BCUT2D eigenvalue weighted by Gasteiger charge is 2.12. The molecule has 1 N–H and O–H groups in total. The number of benzene rings is 2. The molecule has 24 heavy (non-hydrogen) atoms. The average molecular weight is 358 g/mol. The van der Waals surface area contributed by atoms with Gasteiger partial charge in [0.2, 0.25) is 0 Å². The molecule has 0 aliphatic rings. The van der Waals surface area contributed by atoms with E-state index in [4.69, 9.17) is 11.6 Å². The SMILES string of the molecule is CN(C(=O)c1ccccc1)c1ccc(NCc2cnc(Cl)s2)cc1. The summed E-state index contributed by atoms with van der Waals surface area (Å²) in [6.45, 7) is 0.669. The molecule has 122 valence electrons. The van der Waals surface area contributed by atoms with Crippen molar-refractivity contribution in [1.82, 2.24) is 4.98 Å². The number of rotatable bonds is 5. The molecule has 0 unspecified atom stereocenters. The van der Waals surface area contributed by atoms with Crippen molar-refractivity contribution >= 4 is 40.2 Å². The van der Waals surface area contributed by atoms with Gasteiger partial charge in [-0.25, -0.2) is 4.98 Å². The van der Waals surface area contributed by atoms with Crippen LogP contribution in [-0.2, 0) is 6.54 Å². The van der Waals surface area contributed by atoms with Gasteiger partial charge in [-0.15, -0.1) is 11.3 Å². The molecule has 6 heteroatoms. The fraction of sp³-hybridized carbons (Fsp3) is 0.111. The first kappa shape index (κ1) is 16.5. The molecule has 3 aromatic rings. The second kappa shape index (κ2) is 7.47. The van der Waals surface area contributed by atoms with Crippen LogP contribution in [0.3, 0.4) is 0 Å². The van der Waals surface area contributed by atoms with E-state index >= 15 is 0 Å². The molecule has 1 amide bonds. The van der Waals surface area contributed by atoms with Crippen molar-refractivity contribution in [2.45, 2.75) is 6.54 Å². The largest absolute Gasteiger partial charge is 0.380 e. The van der Waals surface area contributed by atoms with Gasteiger partial charge in [0, 0.05) is 35.1 Å². The molecule has 0 radical (unpaired) electrons. The Bertz CT molecular complexity index is 818. The molecule has 3 rings (SSSR count). The highest BCUT2D eigenvalue weighted by Crippen LogP contribution is 2.21. The Labute approximate surface area is 149 Å². The van der Waals surface area contributed by atoms with Crippen molar-refractivity contribution in [3.8, 4) is 0 Å². The fourth-order valence-electron chi connectivity index (χ4n) is 2.25. The van der Waals surface area contributed by atoms with E-state index in [9.17, 15) is 4.79 Å². The minimum absolute atomic E-state index is 0.0318. The summed E-state index contributed by atoms with van der Waals surface area (Å²) in [5.74, 6) is -0.0318. The molecule has 0 aliphatic heterocycles. The topological polar surface area (TPSA) is 45.2 Å². The zero-order valence-electron chi connectivity index (χ0n) is 13.1. The van der Waals surface area contributed by atoms with E-state index in [-0.39, 0.29) is 5.91 Å². The first-order valence-electron chi connectivity index (χ1n) is 7.41. The van der Waals surface area contributed by atoms with Gasteiger partial charge in [-0.3, -0.25) is 4.79 Å². The van der Waals surface area contributed by atoms with E-state index in [2.05, 4.69) is 10.3 Å². The molecular formula is C18H16ClN3OS. The van der Waals surface area contributed by atoms with Crippen molar-refractivity contribution in [3.63, 3.8) is 0 Å². The van der Waals surface area contributed by atoms with Gasteiger partial charge in [0.15, 0.2) is 4.47 Å². The molecule has 0 saturated carbocycles. The second-order valence-electron chi connectivity index (χ2n) is 5.21. The second-order valence-corrected chi connectivity index (χ2v) is 6.91.